The lowest BCUT2D eigenvalue weighted by Gasteiger charge is -2.13. The van der Waals surface area contributed by atoms with Crippen molar-refractivity contribution >= 4 is 0 Å². The first kappa shape index (κ1) is 15.7. The third-order valence-electron chi connectivity index (χ3n) is 3.39. The molecule has 2 unspecified atom stereocenters. The smallest absolute Gasteiger partial charge is 0.0326 e. The van der Waals surface area contributed by atoms with Crippen LogP contribution in [0.15, 0.2) is 12.2 Å². The van der Waals surface area contributed by atoms with Crippen LogP contribution >= 0.6 is 0 Å². The van der Waals surface area contributed by atoms with Gasteiger partial charge in [0.25, 0.3) is 0 Å². The Morgan fingerprint density at radius 1 is 0.938 bits per heavy atom. The lowest BCUT2D eigenvalue weighted by molar-refractivity contribution is 0.406. The Morgan fingerprint density at radius 3 is 1.94 bits per heavy atom. The number of hydrogen-bond donors (Lipinski definition) is 0. The van der Waals surface area contributed by atoms with Crippen LogP contribution in [0.4, 0.5) is 0 Å². The minimum absolute atomic E-state index is 0.875. The first-order valence-corrected chi connectivity index (χ1v) is 6.99. The average Bonchev–Trinajstić information content (AvgIpc) is 2.17. The van der Waals surface area contributed by atoms with Crippen molar-refractivity contribution in [3.05, 3.63) is 19.1 Å². The van der Waals surface area contributed by atoms with Crippen LogP contribution in [0.25, 0.3) is 0 Å². The van der Waals surface area contributed by atoms with Crippen LogP contribution in [0.5, 0.6) is 0 Å². The maximum atomic E-state index is 3.95. The summed E-state index contributed by atoms with van der Waals surface area (Å²) in [5.41, 5.74) is 1.33. The zero-order valence-electron chi connectivity index (χ0n) is 11.7. The van der Waals surface area contributed by atoms with Gasteiger partial charge in [-0.05, 0) is 31.6 Å². The van der Waals surface area contributed by atoms with Crippen molar-refractivity contribution in [2.75, 3.05) is 0 Å². The third kappa shape index (κ3) is 10.3. The second kappa shape index (κ2) is 9.93. The predicted octanol–water partition coefficient (Wildman–Crippen LogP) is 5.79. The molecule has 0 saturated heterocycles. The number of rotatable bonds is 10. The molecule has 0 heterocycles. The zero-order valence-corrected chi connectivity index (χ0v) is 11.7. The van der Waals surface area contributed by atoms with Gasteiger partial charge in [0.1, 0.15) is 0 Å². The van der Waals surface area contributed by atoms with E-state index in [4.69, 9.17) is 0 Å². The van der Waals surface area contributed by atoms with Gasteiger partial charge in [0.15, 0.2) is 0 Å². The van der Waals surface area contributed by atoms with Crippen LogP contribution in [0.2, 0.25) is 0 Å². The summed E-state index contributed by atoms with van der Waals surface area (Å²) >= 11 is 0. The van der Waals surface area contributed by atoms with Gasteiger partial charge in [0, 0.05) is 0 Å². The summed E-state index contributed by atoms with van der Waals surface area (Å²) in [5.74, 6) is 1.77. The van der Waals surface area contributed by atoms with Gasteiger partial charge in [-0.25, -0.2) is 0 Å². The van der Waals surface area contributed by atoms with Gasteiger partial charge in [-0.2, -0.15) is 0 Å². The highest BCUT2D eigenvalue weighted by Gasteiger charge is 2.04. The van der Waals surface area contributed by atoms with E-state index in [2.05, 4.69) is 34.3 Å². The molecule has 0 aromatic carbocycles. The van der Waals surface area contributed by atoms with Gasteiger partial charge < -0.3 is 0 Å². The van der Waals surface area contributed by atoms with E-state index in [1.54, 1.807) is 0 Å². The lowest BCUT2D eigenvalue weighted by Crippen LogP contribution is -1.99. The Hall–Kier alpha value is -0.260. The van der Waals surface area contributed by atoms with Crippen LogP contribution < -0.4 is 0 Å². The first-order valence-electron chi connectivity index (χ1n) is 6.99. The quantitative estimate of drug-likeness (QED) is 0.411. The van der Waals surface area contributed by atoms with E-state index < -0.39 is 0 Å². The summed E-state index contributed by atoms with van der Waals surface area (Å²) in [6, 6.07) is 0. The molecule has 0 aliphatic carbocycles. The van der Waals surface area contributed by atoms with Crippen molar-refractivity contribution in [1.29, 1.82) is 0 Å². The molecule has 2 atom stereocenters. The van der Waals surface area contributed by atoms with Crippen molar-refractivity contribution in [1.82, 2.24) is 0 Å². The van der Waals surface area contributed by atoms with Gasteiger partial charge in [0.05, 0.1) is 0 Å². The molecule has 0 bridgehead atoms. The highest BCUT2D eigenvalue weighted by molar-refractivity contribution is 4.87. The highest BCUT2D eigenvalue weighted by atomic mass is 14.1. The van der Waals surface area contributed by atoms with E-state index >= 15 is 0 Å². The molecule has 0 aromatic rings. The molecule has 1 radical (unpaired) electrons. The Morgan fingerprint density at radius 2 is 1.44 bits per heavy atom. The number of hydrogen-bond acceptors (Lipinski definition) is 0. The fourth-order valence-electron chi connectivity index (χ4n) is 2.20. The molecule has 0 rings (SSSR count). The molecule has 0 aliphatic rings. The van der Waals surface area contributed by atoms with Crippen LogP contribution in [0.3, 0.4) is 0 Å². The fraction of sp³-hybridized carbons (Fsp3) is 0.812. The summed E-state index contributed by atoms with van der Waals surface area (Å²) in [6.07, 6.45) is 10.5. The normalized spacial score (nSPS) is 14.8. The molecule has 0 nitrogen and oxygen atoms in total. The molecular weight excluding hydrogens is 192 g/mol. The van der Waals surface area contributed by atoms with E-state index in [1.807, 2.05) is 0 Å². The Kier molecular flexibility index (Phi) is 9.77. The molecule has 0 saturated carbocycles. The summed E-state index contributed by atoms with van der Waals surface area (Å²) < 4.78 is 0. The average molecular weight is 223 g/mol. The molecule has 0 spiro atoms. The molecule has 95 valence electrons. The highest BCUT2D eigenvalue weighted by Crippen LogP contribution is 2.20. The second-order valence-corrected chi connectivity index (χ2v) is 5.63. The van der Waals surface area contributed by atoms with Gasteiger partial charge in [-0.1, -0.05) is 64.9 Å². The number of allylic oxidation sites excluding steroid dienone is 1. The topological polar surface area (TPSA) is 0 Å². The lowest BCUT2D eigenvalue weighted by atomic mass is 9.93. The standard InChI is InChI=1S/C16H31/c1-6-9-15(4)12-8-13-16(5)11-7-10-14(2)3/h15-16H,1-2,6-13H2,3-5H3. The van der Waals surface area contributed by atoms with Gasteiger partial charge >= 0.3 is 0 Å². The van der Waals surface area contributed by atoms with Crippen molar-refractivity contribution < 1.29 is 0 Å². The molecule has 0 fully saturated rings. The van der Waals surface area contributed by atoms with Crippen molar-refractivity contribution in [3.63, 3.8) is 0 Å². The Balaban J connectivity index is 3.36. The maximum absolute atomic E-state index is 3.95. The van der Waals surface area contributed by atoms with Crippen LogP contribution in [-0.2, 0) is 0 Å². The van der Waals surface area contributed by atoms with Gasteiger partial charge in [-0.15, -0.1) is 6.58 Å². The van der Waals surface area contributed by atoms with Crippen LogP contribution in [0, 0.1) is 18.8 Å². The Bertz CT molecular complexity index is 169. The van der Waals surface area contributed by atoms with E-state index in [1.165, 1.54) is 50.5 Å². The zero-order chi connectivity index (χ0) is 12.4. The maximum Gasteiger partial charge on any atom is -0.0326 e. The summed E-state index contributed by atoms with van der Waals surface area (Å²) in [7, 11) is 0. The summed E-state index contributed by atoms with van der Waals surface area (Å²) in [4.78, 5) is 0. The largest absolute Gasteiger partial charge is 0.100 e. The third-order valence-corrected chi connectivity index (χ3v) is 3.39. The van der Waals surface area contributed by atoms with Crippen molar-refractivity contribution in [2.45, 2.75) is 72.1 Å². The molecule has 16 heavy (non-hydrogen) atoms. The molecule has 0 amide bonds. The minimum atomic E-state index is 0.875. The van der Waals surface area contributed by atoms with E-state index in [9.17, 15) is 0 Å². The first-order chi connectivity index (χ1) is 7.56. The summed E-state index contributed by atoms with van der Waals surface area (Å²) in [5, 5.41) is 0. The van der Waals surface area contributed by atoms with E-state index in [0.29, 0.717) is 0 Å². The molecule has 0 aliphatic heterocycles. The summed E-state index contributed by atoms with van der Waals surface area (Å²) in [6.45, 7) is 14.8. The SMILES string of the molecule is [CH2]CCC(C)CCCC(C)CCCC(=C)C. The second-order valence-electron chi connectivity index (χ2n) is 5.63. The molecule has 0 aromatic heterocycles. The predicted molar refractivity (Wildman–Crippen MR) is 75.4 cm³/mol. The van der Waals surface area contributed by atoms with Gasteiger partial charge in [0.2, 0.25) is 0 Å². The molecule has 0 heteroatoms. The minimum Gasteiger partial charge on any atom is -0.100 e. The van der Waals surface area contributed by atoms with E-state index in [-0.39, 0.29) is 0 Å². The monoisotopic (exact) mass is 223 g/mol. The molecule has 0 N–H and O–H groups in total. The van der Waals surface area contributed by atoms with Crippen LogP contribution in [-0.4, -0.2) is 0 Å². The van der Waals surface area contributed by atoms with Crippen molar-refractivity contribution in [3.8, 4) is 0 Å². The Labute approximate surface area is 104 Å². The fourth-order valence-corrected chi connectivity index (χ4v) is 2.20. The van der Waals surface area contributed by atoms with Gasteiger partial charge in [-0.3, -0.25) is 0 Å². The van der Waals surface area contributed by atoms with Crippen LogP contribution in [0.1, 0.15) is 72.1 Å². The van der Waals surface area contributed by atoms with E-state index in [0.717, 1.165) is 18.3 Å². The van der Waals surface area contributed by atoms with Crippen molar-refractivity contribution in [2.24, 2.45) is 11.8 Å². The molecular formula is C16H31.